The third-order valence-corrected chi connectivity index (χ3v) is 3.58. The second kappa shape index (κ2) is 4.43. The first-order chi connectivity index (χ1) is 9.20. The van der Waals surface area contributed by atoms with Crippen LogP contribution in [0.1, 0.15) is 18.4 Å². The zero-order valence-electron chi connectivity index (χ0n) is 10.9. The first kappa shape index (κ1) is 11.8. The van der Waals surface area contributed by atoms with Crippen molar-refractivity contribution in [2.24, 2.45) is 0 Å². The smallest absolute Gasteiger partial charge is 0.312 e. The van der Waals surface area contributed by atoms with Gasteiger partial charge < -0.3 is 9.72 Å². The minimum Gasteiger partial charge on any atom is -0.469 e. The number of ether oxygens (including phenoxy) is 1. The summed E-state index contributed by atoms with van der Waals surface area (Å²) in [5, 5.41) is 2.38. The number of benzene rings is 2. The topological polar surface area (TPSA) is 42.1 Å². The third kappa shape index (κ3) is 1.87. The van der Waals surface area contributed by atoms with Gasteiger partial charge in [0.25, 0.3) is 0 Å². The van der Waals surface area contributed by atoms with Gasteiger partial charge in [0.1, 0.15) is 0 Å². The van der Waals surface area contributed by atoms with Crippen molar-refractivity contribution in [1.82, 2.24) is 4.98 Å². The summed E-state index contributed by atoms with van der Waals surface area (Å²) >= 11 is 0. The van der Waals surface area contributed by atoms with Crippen molar-refractivity contribution in [3.05, 3.63) is 48.0 Å². The molecule has 1 aromatic heterocycles. The number of carbonyl (C=O) groups excluding carboxylic acids is 1. The van der Waals surface area contributed by atoms with Gasteiger partial charge in [-0.15, -0.1) is 0 Å². The van der Waals surface area contributed by atoms with E-state index in [2.05, 4.69) is 23.2 Å². The van der Waals surface area contributed by atoms with E-state index in [1.807, 2.05) is 31.2 Å². The maximum Gasteiger partial charge on any atom is 0.312 e. The first-order valence-electron chi connectivity index (χ1n) is 6.29. The normalized spacial score (nSPS) is 12.7. The lowest BCUT2D eigenvalue weighted by atomic mass is 10.00. The summed E-state index contributed by atoms with van der Waals surface area (Å²) in [6, 6.07) is 14.3. The lowest BCUT2D eigenvalue weighted by Crippen LogP contribution is -2.10. The summed E-state index contributed by atoms with van der Waals surface area (Å²) in [4.78, 5) is 15.0. The Balaban J connectivity index is 2.16. The fourth-order valence-electron chi connectivity index (χ4n) is 2.45. The molecule has 1 unspecified atom stereocenters. The van der Waals surface area contributed by atoms with Crippen LogP contribution in [0.25, 0.3) is 21.8 Å². The largest absolute Gasteiger partial charge is 0.469 e. The van der Waals surface area contributed by atoms with Gasteiger partial charge in [0.15, 0.2) is 0 Å². The van der Waals surface area contributed by atoms with Crippen molar-refractivity contribution in [2.45, 2.75) is 12.8 Å². The van der Waals surface area contributed by atoms with Crippen molar-refractivity contribution >= 4 is 27.8 Å². The molecule has 0 fully saturated rings. The van der Waals surface area contributed by atoms with E-state index < -0.39 is 0 Å². The maximum atomic E-state index is 11.6. The Morgan fingerprint density at radius 3 is 2.63 bits per heavy atom. The number of esters is 1. The average Bonchev–Trinajstić information content (AvgIpc) is 2.83. The van der Waals surface area contributed by atoms with Crippen LogP contribution in [0.4, 0.5) is 0 Å². The molecule has 0 spiro atoms. The number of carbonyl (C=O) groups is 1. The molecule has 0 saturated carbocycles. The zero-order chi connectivity index (χ0) is 13.4. The van der Waals surface area contributed by atoms with Gasteiger partial charge in [-0.05, 0) is 24.6 Å². The number of aromatic amines is 1. The number of hydrogen-bond donors (Lipinski definition) is 1. The number of rotatable bonds is 2. The number of aromatic nitrogens is 1. The predicted octanol–water partition coefficient (Wildman–Crippen LogP) is 3.60. The molecule has 0 aliphatic rings. The Kier molecular flexibility index (Phi) is 2.75. The first-order valence-corrected chi connectivity index (χ1v) is 6.29. The molecule has 0 aliphatic heterocycles. The molecule has 3 nitrogen and oxygen atoms in total. The van der Waals surface area contributed by atoms with Crippen LogP contribution in [0.5, 0.6) is 0 Å². The van der Waals surface area contributed by atoms with Crippen LogP contribution in [0.15, 0.2) is 42.5 Å². The molecule has 96 valence electrons. The molecule has 2 aromatic carbocycles. The zero-order valence-corrected chi connectivity index (χ0v) is 10.9. The van der Waals surface area contributed by atoms with Gasteiger partial charge >= 0.3 is 5.97 Å². The highest BCUT2D eigenvalue weighted by Crippen LogP contribution is 2.28. The van der Waals surface area contributed by atoms with E-state index in [1.165, 1.54) is 17.9 Å². The molecular weight excluding hydrogens is 238 g/mol. The quantitative estimate of drug-likeness (QED) is 0.709. The Labute approximate surface area is 111 Å². The molecule has 0 amide bonds. The second-order valence-corrected chi connectivity index (χ2v) is 4.72. The van der Waals surface area contributed by atoms with Crippen LogP contribution >= 0.6 is 0 Å². The molecule has 0 saturated heterocycles. The van der Waals surface area contributed by atoms with Crippen molar-refractivity contribution in [1.29, 1.82) is 0 Å². The monoisotopic (exact) mass is 253 g/mol. The van der Waals surface area contributed by atoms with E-state index in [1.54, 1.807) is 0 Å². The number of H-pyrrole nitrogens is 1. The fraction of sp³-hybridized carbons (Fsp3) is 0.188. The number of para-hydroxylation sites is 1. The van der Waals surface area contributed by atoms with Crippen LogP contribution in [0.3, 0.4) is 0 Å². The molecule has 1 heterocycles. The summed E-state index contributed by atoms with van der Waals surface area (Å²) in [6.07, 6.45) is 0. The minimum absolute atomic E-state index is 0.213. The summed E-state index contributed by atoms with van der Waals surface area (Å²) < 4.78 is 4.79. The lowest BCUT2D eigenvalue weighted by molar-refractivity contribution is -0.141. The van der Waals surface area contributed by atoms with Gasteiger partial charge in [0.05, 0.1) is 13.0 Å². The van der Waals surface area contributed by atoms with Crippen molar-refractivity contribution in [2.75, 3.05) is 7.11 Å². The third-order valence-electron chi connectivity index (χ3n) is 3.58. The molecule has 19 heavy (non-hydrogen) atoms. The van der Waals surface area contributed by atoms with Crippen LogP contribution in [-0.2, 0) is 9.53 Å². The van der Waals surface area contributed by atoms with Crippen LogP contribution < -0.4 is 0 Å². The predicted molar refractivity (Wildman–Crippen MR) is 76.2 cm³/mol. The molecule has 3 rings (SSSR count). The molecule has 1 atom stereocenters. The molecule has 0 radical (unpaired) electrons. The van der Waals surface area contributed by atoms with Gasteiger partial charge in [0.2, 0.25) is 0 Å². The van der Waals surface area contributed by atoms with Gasteiger partial charge in [-0.3, -0.25) is 4.79 Å². The highest BCUT2D eigenvalue weighted by atomic mass is 16.5. The lowest BCUT2D eigenvalue weighted by Gasteiger charge is -2.09. The SMILES string of the molecule is COC(=O)C(C)c1ccc2c(c1)[nH]c1ccccc12. The van der Waals surface area contributed by atoms with Gasteiger partial charge in [-0.1, -0.05) is 30.3 Å². The Hall–Kier alpha value is -2.29. The molecule has 0 bridgehead atoms. The van der Waals surface area contributed by atoms with Crippen molar-refractivity contribution < 1.29 is 9.53 Å². The minimum atomic E-state index is -0.249. The average molecular weight is 253 g/mol. The molecule has 1 N–H and O–H groups in total. The van der Waals surface area contributed by atoms with E-state index in [0.717, 1.165) is 16.6 Å². The molecule has 3 aromatic rings. The standard InChI is InChI=1S/C16H15NO2/c1-10(16(18)19-2)11-7-8-13-12-5-3-4-6-14(12)17-15(13)9-11/h3-10,17H,1-2H3. The van der Waals surface area contributed by atoms with Crippen LogP contribution in [-0.4, -0.2) is 18.1 Å². The Morgan fingerprint density at radius 2 is 1.84 bits per heavy atom. The Morgan fingerprint density at radius 1 is 1.11 bits per heavy atom. The van der Waals surface area contributed by atoms with Gasteiger partial charge in [-0.2, -0.15) is 0 Å². The summed E-state index contributed by atoms with van der Waals surface area (Å²) in [7, 11) is 1.42. The van der Waals surface area contributed by atoms with E-state index >= 15 is 0 Å². The van der Waals surface area contributed by atoms with E-state index in [9.17, 15) is 4.79 Å². The Bertz CT molecular complexity index is 758. The number of nitrogens with one attached hydrogen (secondary N) is 1. The van der Waals surface area contributed by atoms with Crippen LogP contribution in [0.2, 0.25) is 0 Å². The second-order valence-electron chi connectivity index (χ2n) is 4.72. The van der Waals surface area contributed by atoms with Crippen molar-refractivity contribution in [3.63, 3.8) is 0 Å². The van der Waals surface area contributed by atoms with Crippen LogP contribution in [0, 0.1) is 0 Å². The summed E-state index contributed by atoms with van der Waals surface area (Å²) in [5.41, 5.74) is 3.13. The summed E-state index contributed by atoms with van der Waals surface area (Å²) in [5.74, 6) is -0.462. The molecule has 3 heteroatoms. The van der Waals surface area contributed by atoms with E-state index in [4.69, 9.17) is 4.74 Å². The highest BCUT2D eigenvalue weighted by Gasteiger charge is 2.16. The molecular formula is C16H15NO2. The van der Waals surface area contributed by atoms with Gasteiger partial charge in [-0.25, -0.2) is 0 Å². The maximum absolute atomic E-state index is 11.6. The highest BCUT2D eigenvalue weighted by molar-refractivity contribution is 6.07. The fourth-order valence-corrected chi connectivity index (χ4v) is 2.45. The number of hydrogen-bond acceptors (Lipinski definition) is 2. The number of methoxy groups -OCH3 is 1. The van der Waals surface area contributed by atoms with Gasteiger partial charge in [0, 0.05) is 21.8 Å². The van der Waals surface area contributed by atoms with E-state index in [0.29, 0.717) is 0 Å². The molecule has 0 aliphatic carbocycles. The number of fused-ring (bicyclic) bond motifs is 3. The van der Waals surface area contributed by atoms with E-state index in [-0.39, 0.29) is 11.9 Å². The summed E-state index contributed by atoms with van der Waals surface area (Å²) in [6.45, 7) is 1.86. The van der Waals surface area contributed by atoms with Crippen molar-refractivity contribution in [3.8, 4) is 0 Å².